The Labute approximate surface area is 157 Å². The number of amides is 1. The lowest BCUT2D eigenvalue weighted by molar-refractivity contribution is -0.138. The Morgan fingerprint density at radius 1 is 1.27 bits per heavy atom. The zero-order chi connectivity index (χ0) is 18.4. The number of likely N-dealkylation sites (tertiary alicyclic amines) is 1. The topological polar surface area (TPSA) is 38.8 Å². The highest BCUT2D eigenvalue weighted by Crippen LogP contribution is 2.44. The van der Waals surface area contributed by atoms with Gasteiger partial charge in [0.05, 0.1) is 13.2 Å². The molecule has 144 valence electrons. The van der Waals surface area contributed by atoms with E-state index in [-0.39, 0.29) is 0 Å². The molecule has 0 aliphatic carbocycles. The Bertz CT molecular complexity index is 593. The summed E-state index contributed by atoms with van der Waals surface area (Å²) in [6.45, 7) is 9.14. The minimum atomic E-state index is 0.302. The monoisotopic (exact) mass is 359 g/mol. The molecule has 0 N–H and O–H groups in total. The molecule has 3 rings (SSSR count). The molecule has 1 amide bonds. The number of nitrogens with zero attached hydrogens (tertiary/aromatic N) is 1. The van der Waals surface area contributed by atoms with Gasteiger partial charge in [-0.3, -0.25) is 4.79 Å². The minimum absolute atomic E-state index is 0.302. The maximum absolute atomic E-state index is 12.7. The van der Waals surface area contributed by atoms with Crippen molar-refractivity contribution in [2.24, 2.45) is 11.3 Å². The molecule has 2 fully saturated rings. The van der Waals surface area contributed by atoms with Gasteiger partial charge in [-0.05, 0) is 56.1 Å². The van der Waals surface area contributed by atoms with E-state index in [0.717, 1.165) is 65.2 Å². The largest absolute Gasteiger partial charge is 0.381 e. The van der Waals surface area contributed by atoms with Crippen molar-refractivity contribution in [3.63, 3.8) is 0 Å². The molecule has 1 aromatic rings. The van der Waals surface area contributed by atoms with Crippen molar-refractivity contribution in [1.82, 2.24) is 4.90 Å². The Morgan fingerprint density at radius 2 is 2.04 bits per heavy atom. The number of piperidine rings is 1. The van der Waals surface area contributed by atoms with Crippen LogP contribution >= 0.6 is 0 Å². The Kier molecular flexibility index (Phi) is 6.71. The summed E-state index contributed by atoms with van der Waals surface area (Å²) in [7, 11) is 0. The quantitative estimate of drug-likeness (QED) is 0.779. The van der Waals surface area contributed by atoms with Crippen molar-refractivity contribution < 1.29 is 14.3 Å². The van der Waals surface area contributed by atoms with E-state index in [9.17, 15) is 4.79 Å². The molecule has 1 atom stereocenters. The van der Waals surface area contributed by atoms with Crippen LogP contribution in [0.15, 0.2) is 24.3 Å². The fourth-order valence-electron chi connectivity index (χ4n) is 4.52. The molecule has 0 unspecified atom stereocenters. The lowest BCUT2D eigenvalue weighted by Crippen LogP contribution is -2.50. The van der Waals surface area contributed by atoms with Gasteiger partial charge in [0.25, 0.3) is 0 Å². The van der Waals surface area contributed by atoms with E-state index < -0.39 is 0 Å². The molecule has 4 nitrogen and oxygen atoms in total. The molecule has 0 saturated carbocycles. The van der Waals surface area contributed by atoms with Crippen LogP contribution in [0, 0.1) is 18.3 Å². The maximum atomic E-state index is 12.7. The van der Waals surface area contributed by atoms with Crippen LogP contribution in [0.2, 0.25) is 0 Å². The molecule has 0 aromatic heterocycles. The minimum Gasteiger partial charge on any atom is -0.381 e. The molecule has 0 radical (unpaired) electrons. The zero-order valence-corrected chi connectivity index (χ0v) is 16.3. The van der Waals surface area contributed by atoms with Gasteiger partial charge in [0.15, 0.2) is 0 Å². The van der Waals surface area contributed by atoms with Gasteiger partial charge >= 0.3 is 0 Å². The van der Waals surface area contributed by atoms with E-state index in [4.69, 9.17) is 9.47 Å². The highest BCUT2D eigenvalue weighted by molar-refractivity contribution is 5.76. The van der Waals surface area contributed by atoms with Crippen LogP contribution in [-0.4, -0.2) is 50.3 Å². The lowest BCUT2D eigenvalue weighted by Gasteiger charge is -2.49. The number of rotatable bonds is 6. The fraction of sp³-hybridized carbons (Fsp3) is 0.682. The average molecular weight is 360 g/mol. The Morgan fingerprint density at radius 3 is 2.77 bits per heavy atom. The van der Waals surface area contributed by atoms with Gasteiger partial charge in [0.2, 0.25) is 5.91 Å². The summed E-state index contributed by atoms with van der Waals surface area (Å²) in [6, 6.07) is 8.36. The normalized spacial score (nSPS) is 22.5. The van der Waals surface area contributed by atoms with Crippen molar-refractivity contribution in [2.45, 2.75) is 46.0 Å². The second kappa shape index (κ2) is 9.01. The standard InChI is InChI=1S/C22H33NO3/c1-3-25-16-20-17-26-15-12-22(20)10-13-23(14-11-22)21(24)9-8-19-7-5-4-6-18(19)2/h4-7,20H,3,8-17H2,1-2H3/t20-/m0/s1. The van der Waals surface area contributed by atoms with Gasteiger partial charge in [-0.15, -0.1) is 0 Å². The summed E-state index contributed by atoms with van der Waals surface area (Å²) in [5, 5.41) is 0. The summed E-state index contributed by atoms with van der Waals surface area (Å²) >= 11 is 0. The molecule has 2 saturated heterocycles. The first-order chi connectivity index (χ1) is 12.6. The molecular weight excluding hydrogens is 326 g/mol. The Balaban J connectivity index is 1.52. The first kappa shape index (κ1) is 19.4. The predicted octanol–water partition coefficient (Wildman–Crippen LogP) is 3.61. The van der Waals surface area contributed by atoms with E-state index in [1.165, 1.54) is 11.1 Å². The third-order valence-corrected chi connectivity index (χ3v) is 6.43. The average Bonchev–Trinajstić information content (AvgIpc) is 2.67. The van der Waals surface area contributed by atoms with Gasteiger partial charge in [-0.2, -0.15) is 0 Å². The van der Waals surface area contributed by atoms with Crippen molar-refractivity contribution in [3.8, 4) is 0 Å². The smallest absolute Gasteiger partial charge is 0.222 e. The van der Waals surface area contributed by atoms with Crippen LogP contribution in [0.1, 0.15) is 43.7 Å². The summed E-state index contributed by atoms with van der Waals surface area (Å²) in [5.74, 6) is 0.775. The molecule has 2 aliphatic rings. The number of hydrogen-bond acceptors (Lipinski definition) is 3. The van der Waals surface area contributed by atoms with Crippen LogP contribution in [-0.2, 0) is 20.7 Å². The fourth-order valence-corrected chi connectivity index (χ4v) is 4.52. The Hall–Kier alpha value is -1.39. The van der Waals surface area contributed by atoms with Crippen LogP contribution in [0.25, 0.3) is 0 Å². The van der Waals surface area contributed by atoms with Crippen LogP contribution in [0.5, 0.6) is 0 Å². The number of ether oxygens (including phenoxy) is 2. The van der Waals surface area contributed by atoms with Crippen molar-refractivity contribution in [1.29, 1.82) is 0 Å². The van der Waals surface area contributed by atoms with Crippen molar-refractivity contribution in [3.05, 3.63) is 35.4 Å². The number of aryl methyl sites for hydroxylation is 2. The predicted molar refractivity (Wildman–Crippen MR) is 103 cm³/mol. The summed E-state index contributed by atoms with van der Waals surface area (Å²) in [4.78, 5) is 14.8. The van der Waals surface area contributed by atoms with Gasteiger partial charge in [-0.1, -0.05) is 24.3 Å². The van der Waals surface area contributed by atoms with E-state index in [1.54, 1.807) is 0 Å². The van der Waals surface area contributed by atoms with Gasteiger partial charge in [0, 0.05) is 38.6 Å². The third-order valence-electron chi connectivity index (χ3n) is 6.43. The maximum Gasteiger partial charge on any atom is 0.222 e. The van der Waals surface area contributed by atoms with Crippen molar-refractivity contribution in [2.75, 3.05) is 39.5 Å². The van der Waals surface area contributed by atoms with Gasteiger partial charge < -0.3 is 14.4 Å². The highest BCUT2D eigenvalue weighted by atomic mass is 16.5. The second-order valence-electron chi connectivity index (χ2n) is 7.85. The number of benzene rings is 1. The van der Waals surface area contributed by atoms with E-state index in [1.807, 2.05) is 6.92 Å². The summed E-state index contributed by atoms with van der Waals surface area (Å²) < 4.78 is 11.4. The lowest BCUT2D eigenvalue weighted by atomic mass is 9.66. The molecule has 26 heavy (non-hydrogen) atoms. The van der Waals surface area contributed by atoms with E-state index >= 15 is 0 Å². The van der Waals surface area contributed by atoms with Crippen molar-refractivity contribution >= 4 is 5.91 Å². The zero-order valence-electron chi connectivity index (χ0n) is 16.3. The van der Waals surface area contributed by atoms with Gasteiger partial charge in [-0.25, -0.2) is 0 Å². The molecule has 1 spiro atoms. The third kappa shape index (κ3) is 4.47. The van der Waals surface area contributed by atoms with E-state index in [2.05, 4.69) is 36.1 Å². The molecule has 0 bridgehead atoms. The number of carbonyl (C=O) groups excluding carboxylic acids is 1. The van der Waals surface area contributed by atoms with Gasteiger partial charge in [0.1, 0.15) is 0 Å². The molecular formula is C22H33NO3. The molecule has 4 heteroatoms. The first-order valence-corrected chi connectivity index (χ1v) is 10.1. The van der Waals surface area contributed by atoms with Crippen LogP contribution in [0.3, 0.4) is 0 Å². The van der Waals surface area contributed by atoms with Crippen LogP contribution in [0.4, 0.5) is 0 Å². The SMILES string of the molecule is CCOC[C@H]1COCCC12CCN(C(=O)CCc1ccccc1C)CC2. The highest BCUT2D eigenvalue weighted by Gasteiger charge is 2.44. The van der Waals surface area contributed by atoms with E-state index in [0.29, 0.717) is 23.7 Å². The second-order valence-corrected chi connectivity index (χ2v) is 7.85. The summed E-state index contributed by atoms with van der Waals surface area (Å²) in [5.41, 5.74) is 2.87. The number of hydrogen-bond donors (Lipinski definition) is 0. The van der Waals surface area contributed by atoms with Crippen LogP contribution < -0.4 is 0 Å². The summed E-state index contributed by atoms with van der Waals surface area (Å²) in [6.07, 6.45) is 4.74. The molecule has 2 aliphatic heterocycles. The number of carbonyl (C=O) groups is 1. The molecule has 2 heterocycles. The molecule has 1 aromatic carbocycles. The first-order valence-electron chi connectivity index (χ1n) is 10.1.